The lowest BCUT2D eigenvalue weighted by atomic mass is 10.1. The van der Waals surface area contributed by atoms with Crippen LogP contribution in [0.1, 0.15) is 40.0 Å². The summed E-state index contributed by atoms with van der Waals surface area (Å²) < 4.78 is 1.57. The maximum absolute atomic E-state index is 12.5. The Balaban J connectivity index is 1.71. The standard InChI is InChI=1S/C17H20N4O2/c1-20-12-14(11-18-20)16(22)19-15-7-5-6-13(10-15)17(23)21-8-3-2-4-9-21/h5-7,10-12H,2-4,8-9H2,1H3,(H,19,22). The molecule has 2 aromatic rings. The zero-order valence-corrected chi connectivity index (χ0v) is 13.2. The third kappa shape index (κ3) is 3.59. The molecular weight excluding hydrogens is 292 g/mol. The van der Waals surface area contributed by atoms with Crippen molar-refractivity contribution in [2.75, 3.05) is 18.4 Å². The number of nitrogens with zero attached hydrogens (tertiary/aromatic N) is 3. The lowest BCUT2D eigenvalue weighted by Gasteiger charge is -2.26. The van der Waals surface area contributed by atoms with Crippen LogP contribution in [0.15, 0.2) is 36.7 Å². The van der Waals surface area contributed by atoms with Crippen LogP contribution in [0.25, 0.3) is 0 Å². The van der Waals surface area contributed by atoms with Gasteiger partial charge >= 0.3 is 0 Å². The number of likely N-dealkylation sites (tertiary alicyclic amines) is 1. The van der Waals surface area contributed by atoms with Crippen molar-refractivity contribution in [3.05, 3.63) is 47.8 Å². The van der Waals surface area contributed by atoms with Gasteiger partial charge in [0.2, 0.25) is 0 Å². The molecule has 0 unspecified atom stereocenters. The van der Waals surface area contributed by atoms with E-state index in [1.54, 1.807) is 42.2 Å². The average molecular weight is 312 g/mol. The number of piperidine rings is 1. The molecule has 1 aliphatic rings. The van der Waals surface area contributed by atoms with Crippen LogP contribution in [0.5, 0.6) is 0 Å². The second-order valence-electron chi connectivity index (χ2n) is 5.79. The number of amides is 2. The van der Waals surface area contributed by atoms with E-state index in [-0.39, 0.29) is 11.8 Å². The first-order valence-electron chi connectivity index (χ1n) is 7.83. The van der Waals surface area contributed by atoms with Gasteiger partial charge in [0.25, 0.3) is 11.8 Å². The van der Waals surface area contributed by atoms with Crippen molar-refractivity contribution < 1.29 is 9.59 Å². The largest absolute Gasteiger partial charge is 0.339 e. The second kappa shape index (κ2) is 6.64. The molecule has 0 atom stereocenters. The molecule has 6 heteroatoms. The Hall–Kier alpha value is -2.63. The van der Waals surface area contributed by atoms with E-state index in [1.165, 1.54) is 12.6 Å². The molecule has 2 heterocycles. The van der Waals surface area contributed by atoms with E-state index in [0.29, 0.717) is 16.8 Å². The molecule has 0 aliphatic carbocycles. The Bertz CT molecular complexity index is 717. The molecule has 120 valence electrons. The molecular formula is C17H20N4O2. The summed E-state index contributed by atoms with van der Waals surface area (Å²) in [7, 11) is 1.76. The van der Waals surface area contributed by atoms with Crippen LogP contribution in [0.2, 0.25) is 0 Å². The molecule has 1 saturated heterocycles. The number of carbonyl (C=O) groups is 2. The lowest BCUT2D eigenvalue weighted by Crippen LogP contribution is -2.35. The summed E-state index contributed by atoms with van der Waals surface area (Å²) in [5.74, 6) is -0.206. The smallest absolute Gasteiger partial charge is 0.258 e. The minimum Gasteiger partial charge on any atom is -0.339 e. The fourth-order valence-corrected chi connectivity index (χ4v) is 2.75. The van der Waals surface area contributed by atoms with Gasteiger partial charge in [-0.25, -0.2) is 0 Å². The minimum atomic E-state index is -0.235. The predicted octanol–water partition coefficient (Wildman–Crippen LogP) is 2.30. The average Bonchev–Trinajstić information content (AvgIpc) is 3.02. The second-order valence-corrected chi connectivity index (χ2v) is 5.79. The van der Waals surface area contributed by atoms with Crippen LogP contribution >= 0.6 is 0 Å². The number of anilines is 1. The Kier molecular flexibility index (Phi) is 4.41. The van der Waals surface area contributed by atoms with Crippen LogP contribution < -0.4 is 5.32 Å². The van der Waals surface area contributed by atoms with Crippen molar-refractivity contribution in [2.24, 2.45) is 7.05 Å². The molecule has 0 saturated carbocycles. The number of hydrogen-bond donors (Lipinski definition) is 1. The third-order valence-electron chi connectivity index (χ3n) is 3.98. The molecule has 1 aromatic carbocycles. The van der Waals surface area contributed by atoms with Crippen molar-refractivity contribution in [3.63, 3.8) is 0 Å². The van der Waals surface area contributed by atoms with Crippen LogP contribution in [-0.2, 0) is 7.05 Å². The summed E-state index contributed by atoms with van der Waals surface area (Å²) in [5, 5.41) is 6.79. The predicted molar refractivity (Wildman–Crippen MR) is 87.4 cm³/mol. The highest BCUT2D eigenvalue weighted by molar-refractivity contribution is 6.04. The molecule has 1 N–H and O–H groups in total. The SMILES string of the molecule is Cn1cc(C(=O)Nc2cccc(C(=O)N3CCCCC3)c2)cn1. The summed E-state index contributed by atoms with van der Waals surface area (Å²) in [6.07, 6.45) is 6.47. The Morgan fingerprint density at radius 3 is 2.61 bits per heavy atom. The Morgan fingerprint density at radius 1 is 1.13 bits per heavy atom. The zero-order valence-electron chi connectivity index (χ0n) is 13.2. The van der Waals surface area contributed by atoms with E-state index in [0.717, 1.165) is 25.9 Å². The molecule has 23 heavy (non-hydrogen) atoms. The van der Waals surface area contributed by atoms with Gasteiger partial charge in [-0.1, -0.05) is 6.07 Å². The van der Waals surface area contributed by atoms with Gasteiger partial charge in [0.05, 0.1) is 11.8 Å². The summed E-state index contributed by atoms with van der Waals surface area (Å²) in [6.45, 7) is 1.62. The number of hydrogen-bond acceptors (Lipinski definition) is 3. The monoisotopic (exact) mass is 312 g/mol. The summed E-state index contributed by atoms with van der Waals surface area (Å²) >= 11 is 0. The fourth-order valence-electron chi connectivity index (χ4n) is 2.75. The highest BCUT2D eigenvalue weighted by Gasteiger charge is 2.18. The molecule has 0 bridgehead atoms. The molecule has 0 radical (unpaired) electrons. The Morgan fingerprint density at radius 2 is 1.91 bits per heavy atom. The summed E-state index contributed by atoms with van der Waals surface area (Å²) in [4.78, 5) is 26.5. The van der Waals surface area contributed by atoms with Crippen LogP contribution in [0.3, 0.4) is 0 Å². The van der Waals surface area contributed by atoms with Crippen LogP contribution in [0.4, 0.5) is 5.69 Å². The molecule has 3 rings (SSSR count). The van der Waals surface area contributed by atoms with E-state index in [9.17, 15) is 9.59 Å². The summed E-state index contributed by atoms with van der Waals surface area (Å²) in [6, 6.07) is 7.08. The van der Waals surface area contributed by atoms with E-state index in [2.05, 4.69) is 10.4 Å². The van der Waals surface area contributed by atoms with Gasteiger partial charge in [0, 0.05) is 37.6 Å². The maximum atomic E-state index is 12.5. The van der Waals surface area contributed by atoms with Crippen LogP contribution in [-0.4, -0.2) is 39.6 Å². The van der Waals surface area contributed by atoms with Gasteiger partial charge in [-0.05, 0) is 37.5 Å². The van der Waals surface area contributed by atoms with Gasteiger partial charge in [0.15, 0.2) is 0 Å². The van der Waals surface area contributed by atoms with Gasteiger partial charge in [-0.2, -0.15) is 5.10 Å². The number of rotatable bonds is 3. The van der Waals surface area contributed by atoms with E-state index < -0.39 is 0 Å². The summed E-state index contributed by atoms with van der Waals surface area (Å²) in [5.41, 5.74) is 1.71. The van der Waals surface area contributed by atoms with Crippen molar-refractivity contribution in [3.8, 4) is 0 Å². The molecule has 0 spiro atoms. The Labute approximate surface area is 135 Å². The highest BCUT2D eigenvalue weighted by Crippen LogP contribution is 2.17. The highest BCUT2D eigenvalue weighted by atomic mass is 16.2. The first-order chi connectivity index (χ1) is 11.1. The van der Waals surface area contributed by atoms with Crippen molar-refractivity contribution in [2.45, 2.75) is 19.3 Å². The minimum absolute atomic E-state index is 0.0298. The number of benzene rings is 1. The number of aryl methyl sites for hydroxylation is 1. The number of carbonyl (C=O) groups excluding carboxylic acids is 2. The van der Waals surface area contributed by atoms with E-state index in [4.69, 9.17) is 0 Å². The number of aromatic nitrogens is 2. The van der Waals surface area contributed by atoms with Crippen molar-refractivity contribution >= 4 is 17.5 Å². The quantitative estimate of drug-likeness (QED) is 0.945. The topological polar surface area (TPSA) is 67.2 Å². The molecule has 6 nitrogen and oxygen atoms in total. The molecule has 1 aromatic heterocycles. The first kappa shape index (κ1) is 15.3. The molecule has 1 aliphatic heterocycles. The van der Waals surface area contributed by atoms with Crippen LogP contribution in [0, 0.1) is 0 Å². The zero-order chi connectivity index (χ0) is 16.2. The van der Waals surface area contributed by atoms with Gasteiger partial charge in [0.1, 0.15) is 0 Å². The van der Waals surface area contributed by atoms with E-state index >= 15 is 0 Å². The number of nitrogens with one attached hydrogen (secondary N) is 1. The van der Waals surface area contributed by atoms with Gasteiger partial charge in [-0.3, -0.25) is 14.3 Å². The lowest BCUT2D eigenvalue weighted by molar-refractivity contribution is 0.0724. The van der Waals surface area contributed by atoms with Crippen molar-refractivity contribution in [1.29, 1.82) is 0 Å². The molecule has 2 amide bonds. The van der Waals surface area contributed by atoms with Crippen molar-refractivity contribution in [1.82, 2.24) is 14.7 Å². The normalized spacial score (nSPS) is 14.6. The third-order valence-corrected chi connectivity index (χ3v) is 3.98. The van der Waals surface area contributed by atoms with E-state index in [1.807, 2.05) is 4.90 Å². The fraction of sp³-hybridized carbons (Fsp3) is 0.353. The molecule has 1 fully saturated rings. The van der Waals surface area contributed by atoms with Gasteiger partial charge in [-0.15, -0.1) is 0 Å². The van der Waals surface area contributed by atoms with Gasteiger partial charge < -0.3 is 10.2 Å². The first-order valence-corrected chi connectivity index (χ1v) is 7.83. The maximum Gasteiger partial charge on any atom is 0.258 e.